The van der Waals surface area contributed by atoms with Gasteiger partial charge < -0.3 is 15.7 Å². The van der Waals surface area contributed by atoms with Crippen LogP contribution in [0.25, 0.3) is 33.3 Å². The zero-order valence-electron chi connectivity index (χ0n) is 19.7. The highest BCUT2D eigenvalue weighted by molar-refractivity contribution is 6.06. The third-order valence-electron chi connectivity index (χ3n) is 6.02. The summed E-state index contributed by atoms with van der Waals surface area (Å²) >= 11 is 0. The molecule has 0 saturated carbocycles. The fourth-order valence-electron chi connectivity index (χ4n) is 4.09. The fourth-order valence-corrected chi connectivity index (χ4v) is 4.09. The van der Waals surface area contributed by atoms with Gasteiger partial charge in [0.15, 0.2) is 0 Å². The maximum atomic E-state index is 13.1. The molecule has 36 heavy (non-hydrogen) atoms. The van der Waals surface area contributed by atoms with E-state index in [1.807, 2.05) is 67.7 Å². The third-order valence-corrected chi connectivity index (χ3v) is 6.02. The Morgan fingerprint density at radius 3 is 2.47 bits per heavy atom. The van der Waals surface area contributed by atoms with E-state index in [2.05, 4.69) is 20.6 Å². The molecule has 1 amide bonds. The van der Waals surface area contributed by atoms with Gasteiger partial charge in [-0.05, 0) is 35.9 Å². The van der Waals surface area contributed by atoms with Crippen LogP contribution in [0.15, 0.2) is 97.5 Å². The number of aliphatic hydroxyl groups is 1. The molecule has 3 aromatic heterocycles. The number of hydrogen-bond donors (Lipinski definition) is 3. The van der Waals surface area contributed by atoms with E-state index >= 15 is 0 Å². The number of aliphatic hydroxyl groups excluding tert-OH is 1. The minimum atomic E-state index is -0.872. The smallest absolute Gasteiger partial charge is 0.270 e. The van der Waals surface area contributed by atoms with E-state index in [1.54, 1.807) is 36.8 Å². The Balaban J connectivity index is 1.54. The first-order valence-electron chi connectivity index (χ1n) is 11.6. The highest BCUT2D eigenvalue weighted by Crippen LogP contribution is 2.34. The number of benzene rings is 2. The van der Waals surface area contributed by atoms with Gasteiger partial charge in [-0.25, -0.2) is 4.98 Å². The topological polar surface area (TPSA) is 100 Å². The molecule has 3 N–H and O–H groups in total. The van der Waals surface area contributed by atoms with Crippen molar-refractivity contribution in [3.8, 4) is 22.4 Å². The highest BCUT2D eigenvalue weighted by atomic mass is 16.3. The Morgan fingerprint density at radius 1 is 0.944 bits per heavy atom. The summed E-state index contributed by atoms with van der Waals surface area (Å²) < 4.78 is 0. The molecule has 5 aromatic rings. The van der Waals surface area contributed by atoms with Crippen molar-refractivity contribution in [2.24, 2.45) is 0 Å². The van der Waals surface area contributed by atoms with Crippen molar-refractivity contribution in [2.45, 2.75) is 6.10 Å². The third kappa shape index (κ3) is 4.78. The number of pyridine rings is 3. The summed E-state index contributed by atoms with van der Waals surface area (Å²) in [5.41, 5.74) is 6.24. The summed E-state index contributed by atoms with van der Waals surface area (Å²) in [6, 6.07) is 25.3. The van der Waals surface area contributed by atoms with E-state index in [-0.39, 0.29) is 18.1 Å². The summed E-state index contributed by atoms with van der Waals surface area (Å²) in [4.78, 5) is 26.5. The van der Waals surface area contributed by atoms with Gasteiger partial charge in [-0.2, -0.15) is 0 Å². The lowest BCUT2D eigenvalue weighted by atomic mass is 9.97. The molecule has 178 valence electrons. The monoisotopic (exact) mass is 475 g/mol. The minimum Gasteiger partial charge on any atom is -0.388 e. The van der Waals surface area contributed by atoms with Gasteiger partial charge in [-0.15, -0.1) is 0 Å². The van der Waals surface area contributed by atoms with Gasteiger partial charge in [0.2, 0.25) is 0 Å². The van der Waals surface area contributed by atoms with Crippen molar-refractivity contribution >= 4 is 22.5 Å². The van der Waals surface area contributed by atoms with Crippen LogP contribution in [0.1, 0.15) is 22.2 Å². The van der Waals surface area contributed by atoms with E-state index in [1.165, 1.54) is 0 Å². The zero-order chi connectivity index (χ0) is 24.9. The number of nitrogens with zero attached hydrogens (tertiary/aromatic N) is 3. The lowest BCUT2D eigenvalue weighted by Crippen LogP contribution is -2.29. The first-order valence-corrected chi connectivity index (χ1v) is 11.6. The summed E-state index contributed by atoms with van der Waals surface area (Å²) in [7, 11) is 1.88. The SMILES string of the molecule is CNc1ccc(-c2nc3ccnc(C(=O)NCC(O)c4cccnc4)c3cc2-c2ccccc2)cc1. The first kappa shape index (κ1) is 23.1. The summed E-state index contributed by atoms with van der Waals surface area (Å²) in [5, 5.41) is 17.0. The van der Waals surface area contributed by atoms with Gasteiger partial charge in [-0.1, -0.05) is 48.5 Å². The average Bonchev–Trinajstić information content (AvgIpc) is 2.95. The van der Waals surface area contributed by atoms with E-state index in [0.29, 0.717) is 16.5 Å². The second-order valence-electron chi connectivity index (χ2n) is 8.32. The quantitative estimate of drug-likeness (QED) is 0.311. The molecule has 3 heterocycles. The summed E-state index contributed by atoms with van der Waals surface area (Å²) in [6.07, 6.45) is 3.92. The predicted molar refractivity (Wildman–Crippen MR) is 141 cm³/mol. The van der Waals surface area contributed by atoms with Crippen molar-refractivity contribution in [3.63, 3.8) is 0 Å². The number of carbonyl (C=O) groups excluding carboxylic acids is 1. The van der Waals surface area contributed by atoms with Crippen LogP contribution in [0.2, 0.25) is 0 Å². The standard InChI is InChI=1S/C29H25N5O2/c1-30-22-11-9-20(10-12-22)27-23(19-6-3-2-4-7-19)16-24-25(34-27)13-15-32-28(24)29(36)33-18-26(35)21-8-5-14-31-17-21/h2-17,26,30,35H,18H2,1H3,(H,33,36). The Hall–Kier alpha value is -4.62. The van der Waals surface area contributed by atoms with Crippen LogP contribution in [0.5, 0.6) is 0 Å². The van der Waals surface area contributed by atoms with E-state index in [9.17, 15) is 9.90 Å². The molecule has 7 nitrogen and oxygen atoms in total. The Kier molecular flexibility index (Phi) is 6.64. The average molecular weight is 476 g/mol. The van der Waals surface area contributed by atoms with Gasteiger partial charge in [-0.3, -0.25) is 14.8 Å². The van der Waals surface area contributed by atoms with Crippen molar-refractivity contribution in [3.05, 3.63) is 109 Å². The number of hydrogen-bond acceptors (Lipinski definition) is 6. The Morgan fingerprint density at radius 2 is 1.75 bits per heavy atom. The van der Waals surface area contributed by atoms with Crippen molar-refractivity contribution < 1.29 is 9.90 Å². The fraction of sp³-hybridized carbons (Fsp3) is 0.103. The van der Waals surface area contributed by atoms with Crippen LogP contribution in [0.4, 0.5) is 5.69 Å². The number of carbonyl (C=O) groups is 1. The maximum absolute atomic E-state index is 13.1. The molecule has 2 aromatic carbocycles. The van der Waals surface area contributed by atoms with Crippen LogP contribution in [0, 0.1) is 0 Å². The van der Waals surface area contributed by atoms with Crippen molar-refractivity contribution in [2.75, 3.05) is 18.9 Å². The van der Waals surface area contributed by atoms with Crippen LogP contribution in [-0.4, -0.2) is 39.6 Å². The molecular formula is C29H25N5O2. The summed E-state index contributed by atoms with van der Waals surface area (Å²) in [6.45, 7) is 0.0391. The molecule has 1 unspecified atom stereocenters. The van der Waals surface area contributed by atoms with Crippen LogP contribution in [0.3, 0.4) is 0 Å². The van der Waals surface area contributed by atoms with Gasteiger partial charge >= 0.3 is 0 Å². The maximum Gasteiger partial charge on any atom is 0.270 e. The molecule has 0 saturated heterocycles. The molecule has 0 aliphatic rings. The Labute approximate surface area is 208 Å². The number of aromatic nitrogens is 3. The lowest BCUT2D eigenvalue weighted by Gasteiger charge is -2.15. The summed E-state index contributed by atoms with van der Waals surface area (Å²) in [5.74, 6) is -0.379. The molecule has 0 radical (unpaired) electrons. The molecule has 0 aliphatic heterocycles. The molecule has 0 spiro atoms. The molecular weight excluding hydrogens is 450 g/mol. The first-order chi connectivity index (χ1) is 17.6. The normalized spacial score (nSPS) is 11.7. The van der Waals surface area contributed by atoms with Crippen LogP contribution >= 0.6 is 0 Å². The van der Waals surface area contributed by atoms with Gasteiger partial charge in [0.25, 0.3) is 5.91 Å². The zero-order valence-corrected chi connectivity index (χ0v) is 19.7. The molecule has 0 aliphatic carbocycles. The van der Waals surface area contributed by atoms with Gasteiger partial charge in [0, 0.05) is 59.9 Å². The second-order valence-corrected chi connectivity index (χ2v) is 8.32. The highest BCUT2D eigenvalue weighted by Gasteiger charge is 2.18. The molecule has 0 bridgehead atoms. The largest absolute Gasteiger partial charge is 0.388 e. The van der Waals surface area contributed by atoms with Crippen molar-refractivity contribution in [1.29, 1.82) is 0 Å². The molecule has 5 rings (SSSR count). The van der Waals surface area contributed by atoms with Crippen molar-refractivity contribution in [1.82, 2.24) is 20.3 Å². The number of rotatable bonds is 7. The van der Waals surface area contributed by atoms with E-state index in [0.717, 1.165) is 28.1 Å². The van der Waals surface area contributed by atoms with Crippen LogP contribution in [-0.2, 0) is 0 Å². The second kappa shape index (κ2) is 10.3. The number of nitrogens with one attached hydrogen (secondary N) is 2. The lowest BCUT2D eigenvalue weighted by molar-refractivity contribution is 0.0913. The van der Waals surface area contributed by atoms with Gasteiger partial charge in [0.05, 0.1) is 17.3 Å². The number of anilines is 1. The van der Waals surface area contributed by atoms with E-state index in [4.69, 9.17) is 4.98 Å². The van der Waals surface area contributed by atoms with E-state index < -0.39 is 6.10 Å². The molecule has 0 fully saturated rings. The molecule has 1 atom stereocenters. The number of amides is 1. The minimum absolute atomic E-state index is 0.0391. The molecule has 7 heteroatoms. The number of fused-ring (bicyclic) bond motifs is 1. The van der Waals surface area contributed by atoms with Crippen LogP contribution < -0.4 is 10.6 Å². The van der Waals surface area contributed by atoms with Gasteiger partial charge in [0.1, 0.15) is 5.69 Å². The predicted octanol–water partition coefficient (Wildman–Crippen LogP) is 4.86. The Bertz CT molecular complexity index is 1490.